The Labute approximate surface area is 77.5 Å². The summed E-state index contributed by atoms with van der Waals surface area (Å²) in [7, 11) is 0. The average Bonchev–Trinajstić information content (AvgIpc) is 1.94. The summed E-state index contributed by atoms with van der Waals surface area (Å²) >= 11 is 5.47. The summed E-state index contributed by atoms with van der Waals surface area (Å²) < 4.78 is 36.5. The van der Waals surface area contributed by atoms with Crippen LogP contribution in [0.25, 0.3) is 0 Å². The van der Waals surface area contributed by atoms with Gasteiger partial charge in [-0.15, -0.1) is 0 Å². The highest BCUT2D eigenvalue weighted by Gasteiger charge is 2.34. The number of aromatic nitrogens is 1. The Bertz CT molecular complexity index is 335. The Morgan fingerprint density at radius 1 is 1.46 bits per heavy atom. The highest BCUT2D eigenvalue weighted by molar-refractivity contribution is 6.31. The third-order valence-electron chi connectivity index (χ3n) is 1.49. The van der Waals surface area contributed by atoms with Crippen LogP contribution in [-0.4, -0.2) is 4.98 Å². The third kappa shape index (κ3) is 2.03. The molecule has 0 fully saturated rings. The van der Waals surface area contributed by atoms with E-state index in [0.29, 0.717) is 0 Å². The van der Waals surface area contributed by atoms with Gasteiger partial charge in [0.2, 0.25) is 0 Å². The Hall–Kier alpha value is -0.970. The summed E-state index contributed by atoms with van der Waals surface area (Å²) in [6.45, 7) is 1.48. The molecule has 2 nitrogen and oxygen atoms in total. The molecular formula is C7H6ClF3N2. The van der Waals surface area contributed by atoms with Gasteiger partial charge in [0.1, 0.15) is 5.82 Å². The molecule has 72 valence electrons. The van der Waals surface area contributed by atoms with Gasteiger partial charge < -0.3 is 5.73 Å². The average molecular weight is 211 g/mol. The van der Waals surface area contributed by atoms with E-state index in [9.17, 15) is 13.2 Å². The smallest absolute Gasteiger partial charge is 0.383 e. The largest absolute Gasteiger partial charge is 0.419 e. The van der Waals surface area contributed by atoms with Crippen LogP contribution in [0.5, 0.6) is 0 Å². The molecule has 0 aliphatic heterocycles. The SMILES string of the molecule is Cc1nc(N)c(C(F)(F)F)cc1Cl. The lowest BCUT2D eigenvalue weighted by atomic mass is 10.2. The van der Waals surface area contributed by atoms with Gasteiger partial charge in [-0.25, -0.2) is 4.98 Å². The summed E-state index contributed by atoms with van der Waals surface area (Å²) in [4.78, 5) is 3.47. The molecule has 1 aromatic heterocycles. The number of hydrogen-bond donors (Lipinski definition) is 1. The van der Waals surface area contributed by atoms with Crippen LogP contribution in [0, 0.1) is 6.92 Å². The Balaban J connectivity index is 3.32. The van der Waals surface area contributed by atoms with Gasteiger partial charge >= 0.3 is 6.18 Å². The van der Waals surface area contributed by atoms with Crippen molar-refractivity contribution in [2.75, 3.05) is 5.73 Å². The maximum Gasteiger partial charge on any atom is 0.419 e. The van der Waals surface area contributed by atoms with E-state index in [1.165, 1.54) is 6.92 Å². The summed E-state index contributed by atoms with van der Waals surface area (Å²) in [5.74, 6) is -0.547. The molecule has 13 heavy (non-hydrogen) atoms. The number of anilines is 1. The predicted octanol–water partition coefficient (Wildman–Crippen LogP) is 2.64. The molecule has 0 unspecified atom stereocenters. The first-order valence-electron chi connectivity index (χ1n) is 3.32. The Kier molecular flexibility index (Phi) is 2.38. The van der Waals surface area contributed by atoms with Gasteiger partial charge in [-0.3, -0.25) is 0 Å². The highest BCUT2D eigenvalue weighted by Crippen LogP contribution is 2.34. The number of hydrogen-bond acceptors (Lipinski definition) is 2. The minimum absolute atomic E-state index is 0.0403. The molecule has 1 rings (SSSR count). The first-order valence-corrected chi connectivity index (χ1v) is 3.70. The van der Waals surface area contributed by atoms with Crippen molar-refractivity contribution in [2.45, 2.75) is 13.1 Å². The molecule has 0 spiro atoms. The second-order valence-corrected chi connectivity index (χ2v) is 2.89. The van der Waals surface area contributed by atoms with Gasteiger partial charge in [0.25, 0.3) is 0 Å². The summed E-state index contributed by atoms with van der Waals surface area (Å²) in [6, 6.07) is 0.777. The normalized spacial score (nSPS) is 11.8. The Morgan fingerprint density at radius 3 is 2.46 bits per heavy atom. The van der Waals surface area contributed by atoms with Crippen molar-refractivity contribution in [1.82, 2.24) is 4.98 Å². The summed E-state index contributed by atoms with van der Waals surface area (Å²) in [5.41, 5.74) is 4.37. The topological polar surface area (TPSA) is 38.9 Å². The zero-order valence-corrected chi connectivity index (χ0v) is 7.37. The molecule has 1 aromatic rings. The van der Waals surface area contributed by atoms with Gasteiger partial charge in [0.05, 0.1) is 16.3 Å². The molecule has 0 saturated carbocycles. The van der Waals surface area contributed by atoms with Crippen LogP contribution in [0.2, 0.25) is 5.02 Å². The predicted molar refractivity (Wildman–Crippen MR) is 43.4 cm³/mol. The number of rotatable bonds is 0. The van der Waals surface area contributed by atoms with Crippen molar-refractivity contribution in [3.63, 3.8) is 0 Å². The molecule has 0 aromatic carbocycles. The van der Waals surface area contributed by atoms with E-state index < -0.39 is 17.6 Å². The van der Waals surface area contributed by atoms with Crippen LogP contribution in [0.3, 0.4) is 0 Å². The van der Waals surface area contributed by atoms with E-state index in [2.05, 4.69) is 4.98 Å². The van der Waals surface area contributed by atoms with Crippen LogP contribution in [0.1, 0.15) is 11.3 Å². The quantitative estimate of drug-likeness (QED) is 0.715. The van der Waals surface area contributed by atoms with Crippen molar-refractivity contribution >= 4 is 17.4 Å². The molecule has 0 saturated heterocycles. The third-order valence-corrected chi connectivity index (χ3v) is 1.87. The molecule has 6 heteroatoms. The van der Waals surface area contributed by atoms with Crippen LogP contribution >= 0.6 is 11.6 Å². The zero-order chi connectivity index (χ0) is 10.2. The second kappa shape index (κ2) is 3.06. The number of aryl methyl sites for hydroxylation is 1. The standard InChI is InChI=1S/C7H6ClF3N2/c1-3-5(8)2-4(6(12)13-3)7(9,10)11/h2H,1H3,(H2,12,13). The fourth-order valence-electron chi connectivity index (χ4n) is 0.826. The van der Waals surface area contributed by atoms with Crippen LogP contribution in [0.4, 0.5) is 19.0 Å². The van der Waals surface area contributed by atoms with Crippen LogP contribution in [0.15, 0.2) is 6.07 Å². The van der Waals surface area contributed by atoms with E-state index in [1.807, 2.05) is 0 Å². The maximum atomic E-state index is 12.2. The molecule has 1 heterocycles. The fourth-order valence-corrected chi connectivity index (χ4v) is 0.978. The van der Waals surface area contributed by atoms with E-state index in [0.717, 1.165) is 6.07 Å². The number of nitrogens with zero attached hydrogens (tertiary/aromatic N) is 1. The van der Waals surface area contributed by atoms with Crippen molar-refractivity contribution < 1.29 is 13.2 Å². The molecule has 0 aliphatic carbocycles. The lowest BCUT2D eigenvalue weighted by molar-refractivity contribution is -0.137. The molecule has 2 N–H and O–H groups in total. The maximum absolute atomic E-state index is 12.2. The fraction of sp³-hybridized carbons (Fsp3) is 0.286. The number of pyridine rings is 1. The number of halogens is 4. The minimum atomic E-state index is -4.51. The van der Waals surface area contributed by atoms with Gasteiger partial charge in [-0.05, 0) is 13.0 Å². The molecule has 0 aliphatic rings. The number of nitrogens with two attached hydrogens (primary N) is 1. The van der Waals surface area contributed by atoms with Crippen LogP contribution in [-0.2, 0) is 6.18 Å². The summed E-state index contributed by atoms with van der Waals surface area (Å²) in [6.07, 6.45) is -4.51. The van der Waals surface area contributed by atoms with Crippen molar-refractivity contribution in [3.05, 3.63) is 22.3 Å². The number of alkyl halides is 3. The minimum Gasteiger partial charge on any atom is -0.383 e. The lowest BCUT2D eigenvalue weighted by Crippen LogP contribution is -2.11. The van der Waals surface area contributed by atoms with Gasteiger partial charge in [0, 0.05) is 0 Å². The molecule has 0 bridgehead atoms. The Morgan fingerprint density at radius 2 is 2.00 bits per heavy atom. The van der Waals surface area contributed by atoms with Crippen molar-refractivity contribution in [2.24, 2.45) is 0 Å². The van der Waals surface area contributed by atoms with Gasteiger partial charge in [-0.1, -0.05) is 11.6 Å². The molecule has 0 radical (unpaired) electrons. The van der Waals surface area contributed by atoms with E-state index in [1.54, 1.807) is 0 Å². The van der Waals surface area contributed by atoms with Gasteiger partial charge in [-0.2, -0.15) is 13.2 Å². The second-order valence-electron chi connectivity index (χ2n) is 2.49. The first kappa shape index (κ1) is 10.1. The monoisotopic (exact) mass is 210 g/mol. The highest BCUT2D eigenvalue weighted by atomic mass is 35.5. The molecule has 0 amide bonds. The summed E-state index contributed by atoms with van der Waals surface area (Å²) in [5, 5.41) is -0.0403. The van der Waals surface area contributed by atoms with E-state index in [-0.39, 0.29) is 10.7 Å². The van der Waals surface area contributed by atoms with E-state index in [4.69, 9.17) is 17.3 Å². The van der Waals surface area contributed by atoms with Gasteiger partial charge in [0.15, 0.2) is 0 Å². The molecule has 0 atom stereocenters. The molecular weight excluding hydrogens is 205 g/mol. The lowest BCUT2D eigenvalue weighted by Gasteiger charge is -2.10. The van der Waals surface area contributed by atoms with E-state index >= 15 is 0 Å². The van der Waals surface area contributed by atoms with Crippen molar-refractivity contribution in [1.29, 1.82) is 0 Å². The number of nitrogen functional groups attached to an aromatic ring is 1. The van der Waals surface area contributed by atoms with Crippen LogP contribution < -0.4 is 5.73 Å². The van der Waals surface area contributed by atoms with Crippen molar-refractivity contribution in [3.8, 4) is 0 Å². The zero-order valence-electron chi connectivity index (χ0n) is 6.61. The first-order chi connectivity index (χ1) is 5.82.